The lowest BCUT2D eigenvalue weighted by Crippen LogP contribution is -2.46. The van der Waals surface area contributed by atoms with E-state index in [0.29, 0.717) is 0 Å². The van der Waals surface area contributed by atoms with Crippen LogP contribution in [0.5, 0.6) is 0 Å². The average molecular weight is 374 g/mol. The molecule has 4 nitrogen and oxygen atoms in total. The zero-order valence-corrected chi connectivity index (χ0v) is 18.4. The second-order valence-electron chi connectivity index (χ2n) is 7.97. The number of hydrogen-bond acceptors (Lipinski definition) is 3. The van der Waals surface area contributed by atoms with Crippen molar-refractivity contribution in [3.8, 4) is 0 Å². The van der Waals surface area contributed by atoms with Crippen LogP contribution in [0.1, 0.15) is 105 Å². The highest BCUT2D eigenvalue weighted by Gasteiger charge is 2.19. The first-order valence-electron chi connectivity index (χ1n) is 11.0. The number of hydrogen-bond donors (Lipinski definition) is 1. The van der Waals surface area contributed by atoms with E-state index < -0.39 is 12.1 Å². The summed E-state index contributed by atoms with van der Waals surface area (Å²) in [6.45, 7) is 12.3. The van der Waals surface area contributed by atoms with Crippen LogP contribution in [-0.2, 0) is 4.79 Å². The van der Waals surface area contributed by atoms with Gasteiger partial charge in [0.25, 0.3) is 0 Å². The predicted octanol–water partition coefficient (Wildman–Crippen LogP) is 4.29. The third-order valence-electron chi connectivity index (χ3n) is 5.00. The molecule has 0 aromatic heterocycles. The number of nitrogens with zero attached hydrogens (tertiary/aromatic N) is 1. The minimum absolute atomic E-state index is 1.13. The summed E-state index contributed by atoms with van der Waals surface area (Å²) in [5.41, 5.74) is 0. The number of carboxylic acids is 1. The van der Waals surface area contributed by atoms with E-state index in [9.17, 15) is 9.90 Å². The number of unbranched alkanes of at least 4 members (excludes halogenated alkanes) is 9. The Kier molecular flexibility index (Phi) is 20.3. The first-order valence-corrected chi connectivity index (χ1v) is 11.0. The summed E-state index contributed by atoms with van der Waals surface area (Å²) in [6.07, 6.45) is 15.6. The van der Waals surface area contributed by atoms with Gasteiger partial charge in [0.1, 0.15) is 0 Å². The summed E-state index contributed by atoms with van der Waals surface area (Å²) in [6, 6.07) is 0. The van der Waals surface area contributed by atoms with E-state index in [2.05, 4.69) is 27.8 Å². The summed E-state index contributed by atoms with van der Waals surface area (Å²) >= 11 is 0. The molecule has 158 valence electrons. The first kappa shape index (κ1) is 27.6. The number of carbonyl (C=O) groups excluding carboxylic acids is 1. The largest absolute Gasteiger partial charge is 0.547 e. The Morgan fingerprint density at radius 1 is 0.769 bits per heavy atom. The summed E-state index contributed by atoms with van der Waals surface area (Å²) in [5, 5.41) is 17.3. The van der Waals surface area contributed by atoms with Gasteiger partial charge in [0.05, 0.1) is 38.8 Å². The van der Waals surface area contributed by atoms with Crippen LogP contribution < -0.4 is 5.11 Å². The molecule has 0 rings (SSSR count). The quantitative estimate of drug-likeness (QED) is 0.324. The monoisotopic (exact) mass is 373 g/mol. The van der Waals surface area contributed by atoms with Crippen molar-refractivity contribution in [1.29, 1.82) is 0 Å². The van der Waals surface area contributed by atoms with Gasteiger partial charge in [-0.05, 0) is 45.4 Å². The lowest BCUT2D eigenvalue weighted by molar-refractivity contribution is -0.910. The highest BCUT2D eigenvalue weighted by Crippen LogP contribution is 2.14. The second kappa shape index (κ2) is 19.2. The Morgan fingerprint density at radius 2 is 1.04 bits per heavy atom. The average Bonchev–Trinajstić information content (AvgIpc) is 2.60. The van der Waals surface area contributed by atoms with Crippen LogP contribution in [0, 0.1) is 0 Å². The molecule has 1 unspecified atom stereocenters. The Balaban J connectivity index is 0. The van der Waals surface area contributed by atoms with Crippen LogP contribution in [0.2, 0.25) is 0 Å². The zero-order chi connectivity index (χ0) is 20.3. The van der Waals surface area contributed by atoms with E-state index in [1.54, 1.807) is 0 Å². The fourth-order valence-electron chi connectivity index (χ4n) is 3.10. The van der Waals surface area contributed by atoms with Crippen molar-refractivity contribution >= 4 is 5.97 Å². The summed E-state index contributed by atoms with van der Waals surface area (Å²) in [7, 11) is 2.52. The molecule has 0 aliphatic rings. The predicted molar refractivity (Wildman–Crippen MR) is 110 cm³/mol. The van der Waals surface area contributed by atoms with Crippen LogP contribution in [0.25, 0.3) is 0 Å². The van der Waals surface area contributed by atoms with Crippen molar-refractivity contribution in [1.82, 2.24) is 0 Å². The molecule has 1 N–H and O–H groups in total. The minimum atomic E-state index is -1.44. The van der Waals surface area contributed by atoms with Crippen LogP contribution in [0.3, 0.4) is 0 Å². The van der Waals surface area contributed by atoms with Crippen molar-refractivity contribution in [2.45, 2.75) is 111 Å². The molecule has 4 heteroatoms. The lowest BCUT2D eigenvalue weighted by atomic mass is 10.1. The number of rotatable bonds is 16. The van der Waals surface area contributed by atoms with Gasteiger partial charge in [0.2, 0.25) is 0 Å². The topological polar surface area (TPSA) is 60.4 Å². The molecule has 0 saturated heterocycles. The van der Waals surface area contributed by atoms with Gasteiger partial charge >= 0.3 is 0 Å². The van der Waals surface area contributed by atoms with Gasteiger partial charge in [-0.25, -0.2) is 0 Å². The van der Waals surface area contributed by atoms with Crippen molar-refractivity contribution in [3.05, 3.63) is 0 Å². The molecule has 0 radical (unpaired) electrons. The van der Waals surface area contributed by atoms with Gasteiger partial charge in [-0.3, -0.25) is 0 Å². The van der Waals surface area contributed by atoms with Gasteiger partial charge < -0.3 is 19.5 Å². The number of carboxylic acid groups (broad SMARTS) is 1. The fourth-order valence-corrected chi connectivity index (χ4v) is 3.10. The van der Waals surface area contributed by atoms with E-state index in [-0.39, 0.29) is 0 Å². The Hall–Kier alpha value is -0.610. The Bertz CT molecular complexity index is 274. The Labute approximate surface area is 163 Å². The van der Waals surface area contributed by atoms with E-state index in [4.69, 9.17) is 5.11 Å². The van der Waals surface area contributed by atoms with Crippen LogP contribution in [0.4, 0.5) is 0 Å². The zero-order valence-electron chi connectivity index (χ0n) is 18.4. The molecule has 1 atom stereocenters. The molecule has 0 aromatic rings. The number of carbonyl (C=O) groups is 1. The van der Waals surface area contributed by atoms with Crippen molar-refractivity contribution in [3.63, 3.8) is 0 Å². The summed E-state index contributed by atoms with van der Waals surface area (Å²) in [5.74, 6) is -1.44. The molecular weight excluding hydrogens is 326 g/mol. The molecule has 0 spiro atoms. The van der Waals surface area contributed by atoms with Crippen molar-refractivity contribution in [2.75, 3.05) is 26.7 Å². The molecule has 0 aliphatic heterocycles. The van der Waals surface area contributed by atoms with Crippen molar-refractivity contribution in [2.24, 2.45) is 0 Å². The van der Waals surface area contributed by atoms with E-state index in [1.165, 1.54) is 101 Å². The maximum atomic E-state index is 9.34. The Morgan fingerprint density at radius 3 is 1.23 bits per heavy atom. The van der Waals surface area contributed by atoms with Gasteiger partial charge in [-0.2, -0.15) is 0 Å². The van der Waals surface area contributed by atoms with Gasteiger partial charge in [0, 0.05) is 0 Å². The number of aliphatic hydroxyl groups excluding tert-OH is 1. The highest BCUT2D eigenvalue weighted by atomic mass is 16.4. The SMILES string of the molecule is CC(O)C(=O)[O-].CCCCCC[N+](C)(CCCCCC)CCCCCC. The first-order chi connectivity index (χ1) is 12.3. The molecule has 0 heterocycles. The summed E-state index contributed by atoms with van der Waals surface area (Å²) in [4.78, 5) is 9.34. The molecule has 0 aromatic carbocycles. The standard InChI is InChI=1S/C19H42N.C3H6O3/c1-5-8-11-14-17-20(4,18-15-12-9-6-2)19-16-13-10-7-3;1-2(4)3(5)6/h5-19H2,1-4H3;2,4H,1H3,(H,5,6)/q+1;/p-1. The molecular formula is C22H47NO3. The van der Waals surface area contributed by atoms with E-state index >= 15 is 0 Å². The van der Waals surface area contributed by atoms with Crippen LogP contribution >= 0.6 is 0 Å². The van der Waals surface area contributed by atoms with E-state index in [1.807, 2.05) is 0 Å². The maximum Gasteiger partial charge on any atom is 0.0905 e. The maximum absolute atomic E-state index is 9.34. The van der Waals surface area contributed by atoms with Crippen LogP contribution in [0.15, 0.2) is 0 Å². The number of aliphatic hydroxyl groups is 1. The fraction of sp³-hybridized carbons (Fsp3) is 0.955. The smallest absolute Gasteiger partial charge is 0.0905 e. The molecule has 0 fully saturated rings. The minimum Gasteiger partial charge on any atom is -0.547 e. The molecule has 0 bridgehead atoms. The molecule has 0 saturated carbocycles. The van der Waals surface area contributed by atoms with Gasteiger partial charge in [0.15, 0.2) is 0 Å². The van der Waals surface area contributed by atoms with Crippen LogP contribution in [-0.4, -0.2) is 48.3 Å². The second-order valence-corrected chi connectivity index (χ2v) is 7.97. The van der Waals surface area contributed by atoms with Gasteiger partial charge in [-0.15, -0.1) is 0 Å². The third kappa shape index (κ3) is 19.7. The van der Waals surface area contributed by atoms with Crippen molar-refractivity contribution < 1.29 is 19.5 Å². The normalized spacial score (nSPS) is 12.4. The van der Waals surface area contributed by atoms with Gasteiger partial charge in [-0.1, -0.05) is 59.3 Å². The van der Waals surface area contributed by atoms with E-state index in [0.717, 1.165) is 6.92 Å². The lowest BCUT2D eigenvalue weighted by Gasteiger charge is -2.35. The number of quaternary nitrogens is 1. The summed E-state index contributed by atoms with van der Waals surface area (Å²) < 4.78 is 1.34. The molecule has 0 aliphatic carbocycles. The highest BCUT2D eigenvalue weighted by molar-refractivity contribution is 5.68. The molecule has 0 amide bonds. The third-order valence-corrected chi connectivity index (χ3v) is 5.00. The molecule has 26 heavy (non-hydrogen) atoms. The number of aliphatic carboxylic acids is 1.